The number of ether oxygens (including phenoxy) is 3. The van der Waals surface area contributed by atoms with Crippen LogP contribution in [0, 0.1) is 0 Å². The van der Waals surface area contributed by atoms with E-state index in [-0.39, 0.29) is 11.7 Å². The lowest BCUT2D eigenvalue weighted by atomic mass is 9.75. The van der Waals surface area contributed by atoms with E-state index in [1.165, 1.54) is 0 Å². The summed E-state index contributed by atoms with van der Waals surface area (Å²) in [5.74, 6) is 2.21. The molecule has 2 aromatic carbocycles. The maximum atomic E-state index is 12.8. The molecule has 0 unspecified atom stereocenters. The van der Waals surface area contributed by atoms with Gasteiger partial charge in [0.2, 0.25) is 0 Å². The summed E-state index contributed by atoms with van der Waals surface area (Å²) in [5, 5.41) is 3.48. The Bertz CT molecular complexity index is 915. The molecule has 0 saturated heterocycles. The number of benzene rings is 2. The minimum atomic E-state index is -0.130. The predicted molar refractivity (Wildman–Crippen MR) is 104 cm³/mol. The molecular weight excluding hydrogens is 342 g/mol. The first-order valence-corrected chi connectivity index (χ1v) is 9.09. The average molecular weight is 365 g/mol. The Balaban J connectivity index is 1.92. The molecule has 0 spiro atoms. The van der Waals surface area contributed by atoms with Gasteiger partial charge in [-0.05, 0) is 42.2 Å². The van der Waals surface area contributed by atoms with E-state index in [1.807, 2.05) is 36.4 Å². The Morgan fingerprint density at radius 3 is 2.30 bits per heavy atom. The molecule has 140 valence electrons. The van der Waals surface area contributed by atoms with E-state index in [9.17, 15) is 4.79 Å². The molecule has 2 aromatic rings. The van der Waals surface area contributed by atoms with Crippen LogP contribution < -0.4 is 19.5 Å². The van der Waals surface area contributed by atoms with Crippen LogP contribution in [0.25, 0.3) is 0 Å². The van der Waals surface area contributed by atoms with Gasteiger partial charge in [-0.2, -0.15) is 0 Å². The fraction of sp³-hybridized carbons (Fsp3) is 0.318. The van der Waals surface area contributed by atoms with E-state index in [0.29, 0.717) is 17.9 Å². The smallest absolute Gasteiger partial charge is 0.162 e. The van der Waals surface area contributed by atoms with Gasteiger partial charge in [-0.25, -0.2) is 0 Å². The number of carbonyl (C=O) groups is 1. The molecule has 27 heavy (non-hydrogen) atoms. The first-order chi connectivity index (χ1) is 13.2. The molecule has 5 heteroatoms. The van der Waals surface area contributed by atoms with Crippen LogP contribution >= 0.6 is 0 Å². The van der Waals surface area contributed by atoms with Gasteiger partial charge in [0.1, 0.15) is 5.75 Å². The summed E-state index contributed by atoms with van der Waals surface area (Å²) in [6.07, 6.45) is 2.35. The fourth-order valence-corrected chi connectivity index (χ4v) is 4.03. The third-order valence-electron chi connectivity index (χ3n) is 5.35. The Morgan fingerprint density at radius 2 is 1.63 bits per heavy atom. The zero-order chi connectivity index (χ0) is 19.0. The van der Waals surface area contributed by atoms with Crippen LogP contribution in [0.5, 0.6) is 17.2 Å². The van der Waals surface area contributed by atoms with Gasteiger partial charge in [0.15, 0.2) is 17.3 Å². The van der Waals surface area contributed by atoms with Gasteiger partial charge in [-0.15, -0.1) is 0 Å². The fourth-order valence-electron chi connectivity index (χ4n) is 4.03. The van der Waals surface area contributed by atoms with E-state index in [4.69, 9.17) is 14.2 Å². The van der Waals surface area contributed by atoms with Crippen LogP contribution in [0.15, 0.2) is 47.7 Å². The van der Waals surface area contributed by atoms with Crippen molar-refractivity contribution < 1.29 is 19.0 Å². The van der Waals surface area contributed by atoms with Crippen molar-refractivity contribution >= 4 is 11.5 Å². The van der Waals surface area contributed by atoms with Crippen molar-refractivity contribution in [2.24, 2.45) is 0 Å². The summed E-state index contributed by atoms with van der Waals surface area (Å²) in [6, 6.07) is 11.9. The minimum absolute atomic E-state index is 0.130. The summed E-state index contributed by atoms with van der Waals surface area (Å²) >= 11 is 0. The summed E-state index contributed by atoms with van der Waals surface area (Å²) in [6.45, 7) is 0. The van der Waals surface area contributed by atoms with Gasteiger partial charge in [0.25, 0.3) is 0 Å². The molecule has 1 aliphatic carbocycles. The summed E-state index contributed by atoms with van der Waals surface area (Å²) in [4.78, 5) is 12.8. The largest absolute Gasteiger partial charge is 0.497 e. The number of Topliss-reactive ketones (excluding diaryl/α,β-unsaturated/α-hetero) is 1. The lowest BCUT2D eigenvalue weighted by Gasteiger charge is -2.34. The summed E-state index contributed by atoms with van der Waals surface area (Å²) < 4.78 is 16.3. The second-order valence-electron chi connectivity index (χ2n) is 6.79. The van der Waals surface area contributed by atoms with Crippen LogP contribution in [0.3, 0.4) is 0 Å². The zero-order valence-electron chi connectivity index (χ0n) is 15.8. The van der Waals surface area contributed by atoms with Crippen LogP contribution in [0.2, 0.25) is 0 Å². The molecule has 1 N–H and O–H groups in total. The molecule has 1 heterocycles. The normalized spacial score (nSPS) is 18.3. The number of hydrogen-bond acceptors (Lipinski definition) is 5. The van der Waals surface area contributed by atoms with Gasteiger partial charge in [0.05, 0.1) is 21.3 Å². The van der Waals surface area contributed by atoms with E-state index in [1.54, 1.807) is 21.3 Å². The SMILES string of the molecule is COc1ccc([C@H]2C3=C(CCCC3=O)Nc3cc(OC)c(OC)cc32)cc1. The summed E-state index contributed by atoms with van der Waals surface area (Å²) in [7, 11) is 4.90. The summed E-state index contributed by atoms with van der Waals surface area (Å²) in [5.41, 5.74) is 4.93. The highest BCUT2D eigenvalue weighted by Gasteiger charge is 2.35. The number of allylic oxidation sites excluding steroid dienone is 2. The van der Waals surface area contributed by atoms with Crippen molar-refractivity contribution in [2.45, 2.75) is 25.2 Å². The van der Waals surface area contributed by atoms with Gasteiger partial charge >= 0.3 is 0 Å². The number of anilines is 1. The topological polar surface area (TPSA) is 56.8 Å². The van der Waals surface area contributed by atoms with Crippen LogP contribution in [-0.4, -0.2) is 27.1 Å². The third kappa shape index (κ3) is 2.93. The Kier molecular flexibility index (Phi) is 4.52. The number of ketones is 1. The Morgan fingerprint density at radius 1 is 0.926 bits per heavy atom. The highest BCUT2D eigenvalue weighted by molar-refractivity contribution is 6.01. The number of fused-ring (bicyclic) bond motifs is 1. The van der Waals surface area contributed by atoms with Crippen LogP contribution in [0.1, 0.15) is 36.3 Å². The Hall–Kier alpha value is -2.95. The predicted octanol–water partition coefficient (Wildman–Crippen LogP) is 4.28. The van der Waals surface area contributed by atoms with Crippen LogP contribution in [0.4, 0.5) is 5.69 Å². The molecule has 0 bridgehead atoms. The van der Waals surface area contributed by atoms with Crippen molar-refractivity contribution in [3.63, 3.8) is 0 Å². The molecule has 4 rings (SSSR count). The molecule has 0 fully saturated rings. The van der Waals surface area contributed by atoms with Crippen LogP contribution in [-0.2, 0) is 4.79 Å². The van der Waals surface area contributed by atoms with Crippen molar-refractivity contribution in [2.75, 3.05) is 26.6 Å². The third-order valence-corrected chi connectivity index (χ3v) is 5.35. The molecule has 0 amide bonds. The van der Waals surface area contributed by atoms with E-state index >= 15 is 0 Å². The lowest BCUT2D eigenvalue weighted by Crippen LogP contribution is -2.27. The number of nitrogens with one attached hydrogen (secondary N) is 1. The highest BCUT2D eigenvalue weighted by Crippen LogP contribution is 2.48. The van der Waals surface area contributed by atoms with E-state index in [2.05, 4.69) is 5.32 Å². The lowest BCUT2D eigenvalue weighted by molar-refractivity contribution is -0.116. The monoisotopic (exact) mass is 365 g/mol. The molecule has 0 saturated carbocycles. The first kappa shape index (κ1) is 17.5. The average Bonchev–Trinajstić information content (AvgIpc) is 2.71. The van der Waals surface area contributed by atoms with Gasteiger partial charge in [0, 0.05) is 35.4 Å². The minimum Gasteiger partial charge on any atom is -0.497 e. The van der Waals surface area contributed by atoms with Crippen molar-refractivity contribution in [3.05, 3.63) is 58.8 Å². The van der Waals surface area contributed by atoms with E-state index in [0.717, 1.165) is 46.7 Å². The number of methoxy groups -OCH3 is 3. The maximum absolute atomic E-state index is 12.8. The molecule has 1 aliphatic heterocycles. The Labute approximate surface area is 158 Å². The standard InChI is InChI=1S/C22H23NO4/c1-25-14-9-7-13(8-10-14)21-15-11-19(26-2)20(27-3)12-17(15)23-16-5-4-6-18(24)22(16)21/h7-12,21,23H,4-6H2,1-3H3/t21-/m1/s1. The molecule has 2 aliphatic rings. The van der Waals surface area contributed by atoms with Gasteiger partial charge < -0.3 is 19.5 Å². The number of carbonyl (C=O) groups excluding carboxylic acids is 1. The van der Waals surface area contributed by atoms with Crippen molar-refractivity contribution in [3.8, 4) is 17.2 Å². The molecule has 1 atom stereocenters. The van der Waals surface area contributed by atoms with Gasteiger partial charge in [-0.3, -0.25) is 4.79 Å². The number of hydrogen-bond donors (Lipinski definition) is 1. The second kappa shape index (κ2) is 6.99. The number of rotatable bonds is 4. The van der Waals surface area contributed by atoms with Crippen molar-refractivity contribution in [1.29, 1.82) is 0 Å². The zero-order valence-corrected chi connectivity index (χ0v) is 15.8. The quantitative estimate of drug-likeness (QED) is 0.877. The maximum Gasteiger partial charge on any atom is 0.162 e. The van der Waals surface area contributed by atoms with Gasteiger partial charge in [-0.1, -0.05) is 12.1 Å². The van der Waals surface area contributed by atoms with E-state index < -0.39 is 0 Å². The molecule has 5 nitrogen and oxygen atoms in total. The van der Waals surface area contributed by atoms with Crippen molar-refractivity contribution in [1.82, 2.24) is 0 Å². The second-order valence-corrected chi connectivity index (χ2v) is 6.79. The molecule has 0 aromatic heterocycles. The molecule has 0 radical (unpaired) electrons. The molecular formula is C22H23NO4. The highest BCUT2D eigenvalue weighted by atomic mass is 16.5. The first-order valence-electron chi connectivity index (χ1n) is 9.09.